The summed E-state index contributed by atoms with van der Waals surface area (Å²) in [7, 11) is -3.91. The first-order chi connectivity index (χ1) is 11.3. The molecule has 0 unspecified atom stereocenters. The molecule has 1 heterocycles. The Morgan fingerprint density at radius 1 is 0.750 bits per heavy atom. The molecule has 0 aliphatic carbocycles. The second kappa shape index (κ2) is 5.81. The third kappa shape index (κ3) is 2.93. The molecule has 8 heteroatoms. The van der Waals surface area contributed by atoms with Crippen LogP contribution in [0.15, 0.2) is 57.8 Å². The third-order valence-corrected chi connectivity index (χ3v) is 4.36. The SMILES string of the molecule is NS(=O)(=O)c1ccc(-c2c(F)oc(F)c2-c2ccc(F)cc2)cc1. The van der Waals surface area contributed by atoms with Crippen molar-refractivity contribution >= 4 is 10.0 Å². The van der Waals surface area contributed by atoms with Crippen LogP contribution in [0.4, 0.5) is 13.2 Å². The topological polar surface area (TPSA) is 73.3 Å². The van der Waals surface area contributed by atoms with Crippen molar-refractivity contribution in [2.24, 2.45) is 5.14 Å². The zero-order valence-electron chi connectivity index (χ0n) is 12.0. The van der Waals surface area contributed by atoms with Gasteiger partial charge in [-0.2, -0.15) is 8.78 Å². The second-order valence-corrected chi connectivity index (χ2v) is 6.54. The van der Waals surface area contributed by atoms with Gasteiger partial charge in [-0.25, -0.2) is 17.9 Å². The summed E-state index contributed by atoms with van der Waals surface area (Å²) in [4.78, 5) is -0.168. The van der Waals surface area contributed by atoms with Crippen molar-refractivity contribution in [1.82, 2.24) is 0 Å². The number of sulfonamides is 1. The van der Waals surface area contributed by atoms with Gasteiger partial charge in [-0.05, 0) is 35.4 Å². The molecule has 3 rings (SSSR count). The first-order valence-electron chi connectivity index (χ1n) is 6.64. The maximum atomic E-state index is 14.0. The van der Waals surface area contributed by atoms with Gasteiger partial charge in [0, 0.05) is 0 Å². The minimum Gasteiger partial charge on any atom is -0.403 e. The Bertz CT molecular complexity index is 994. The number of halogens is 3. The summed E-state index contributed by atoms with van der Waals surface area (Å²) in [5, 5.41) is 5.00. The highest BCUT2D eigenvalue weighted by molar-refractivity contribution is 7.89. The molecule has 1 aromatic heterocycles. The fourth-order valence-corrected chi connectivity index (χ4v) is 2.84. The van der Waals surface area contributed by atoms with Gasteiger partial charge in [-0.15, -0.1) is 0 Å². The maximum Gasteiger partial charge on any atom is 0.288 e. The smallest absolute Gasteiger partial charge is 0.288 e. The van der Waals surface area contributed by atoms with Crippen molar-refractivity contribution < 1.29 is 26.0 Å². The number of hydrogen-bond donors (Lipinski definition) is 1. The molecule has 124 valence electrons. The normalized spacial score (nSPS) is 11.7. The molecule has 0 bridgehead atoms. The molecular formula is C16H10F3NO3S. The van der Waals surface area contributed by atoms with Crippen molar-refractivity contribution in [3.8, 4) is 22.3 Å². The minimum atomic E-state index is -3.91. The molecule has 0 atom stereocenters. The molecule has 0 saturated heterocycles. The second-order valence-electron chi connectivity index (χ2n) is 4.98. The van der Waals surface area contributed by atoms with Crippen molar-refractivity contribution in [1.29, 1.82) is 0 Å². The van der Waals surface area contributed by atoms with Crippen LogP contribution in [0.3, 0.4) is 0 Å². The Kier molecular flexibility index (Phi) is 3.94. The summed E-state index contributed by atoms with van der Waals surface area (Å²) in [6.07, 6.45) is 0. The first-order valence-corrected chi connectivity index (χ1v) is 8.19. The van der Waals surface area contributed by atoms with E-state index in [1.165, 1.54) is 36.4 Å². The van der Waals surface area contributed by atoms with Crippen LogP contribution in [0.1, 0.15) is 0 Å². The molecule has 4 nitrogen and oxygen atoms in total. The molecule has 0 spiro atoms. The average molecular weight is 353 g/mol. The van der Waals surface area contributed by atoms with Crippen LogP contribution >= 0.6 is 0 Å². The molecule has 0 saturated carbocycles. The number of benzene rings is 2. The predicted octanol–water partition coefficient (Wildman–Crippen LogP) is 3.68. The number of nitrogens with two attached hydrogens (primary N) is 1. The van der Waals surface area contributed by atoms with Gasteiger partial charge in [0.05, 0.1) is 16.0 Å². The van der Waals surface area contributed by atoms with Crippen LogP contribution in [0.25, 0.3) is 22.3 Å². The van der Waals surface area contributed by atoms with E-state index in [4.69, 9.17) is 5.14 Å². The summed E-state index contributed by atoms with van der Waals surface area (Å²) < 4.78 is 68.0. The number of primary sulfonamides is 1. The van der Waals surface area contributed by atoms with Crippen molar-refractivity contribution in [3.63, 3.8) is 0 Å². The summed E-state index contributed by atoms with van der Waals surface area (Å²) in [5.41, 5.74) is 0.0230. The highest BCUT2D eigenvalue weighted by atomic mass is 32.2. The van der Waals surface area contributed by atoms with E-state index in [2.05, 4.69) is 4.42 Å². The Hall–Kier alpha value is -2.58. The Labute approximate surface area is 135 Å². The van der Waals surface area contributed by atoms with Crippen LogP contribution in [0.2, 0.25) is 0 Å². The van der Waals surface area contributed by atoms with Gasteiger partial charge in [0.1, 0.15) is 5.82 Å². The Morgan fingerprint density at radius 3 is 1.58 bits per heavy atom. The van der Waals surface area contributed by atoms with Gasteiger partial charge in [0.25, 0.3) is 12.0 Å². The standard InChI is InChI=1S/C16H10F3NO3S/c17-11-5-1-9(2-6-11)13-14(16(19)23-15(13)18)10-3-7-12(8-4-10)24(20,21)22/h1-8H,(H2,20,21,22). The Balaban J connectivity index is 2.17. The van der Waals surface area contributed by atoms with Crippen LogP contribution in [-0.4, -0.2) is 8.42 Å². The van der Waals surface area contributed by atoms with E-state index >= 15 is 0 Å². The van der Waals surface area contributed by atoms with E-state index < -0.39 is 27.9 Å². The molecule has 0 aliphatic rings. The Morgan fingerprint density at radius 2 is 1.17 bits per heavy atom. The zero-order valence-corrected chi connectivity index (χ0v) is 12.8. The summed E-state index contributed by atoms with van der Waals surface area (Å²) in [6.45, 7) is 0. The molecule has 0 aliphatic heterocycles. The fraction of sp³-hybridized carbons (Fsp3) is 0. The van der Waals surface area contributed by atoms with Crippen LogP contribution in [0.5, 0.6) is 0 Å². The van der Waals surface area contributed by atoms with Gasteiger partial charge in [-0.3, -0.25) is 0 Å². The molecular weight excluding hydrogens is 343 g/mol. The summed E-state index contributed by atoms with van der Waals surface area (Å²) in [6, 6.07) is 7.34. The van der Waals surface area contributed by atoms with Crippen molar-refractivity contribution in [2.75, 3.05) is 0 Å². The van der Waals surface area contributed by atoms with E-state index in [1.807, 2.05) is 0 Å². The lowest BCUT2D eigenvalue weighted by molar-refractivity contribution is 0.268. The highest BCUT2D eigenvalue weighted by Crippen LogP contribution is 2.38. The number of furan rings is 1. The van der Waals surface area contributed by atoms with Crippen LogP contribution in [-0.2, 0) is 10.0 Å². The van der Waals surface area contributed by atoms with Gasteiger partial charge < -0.3 is 4.42 Å². The maximum absolute atomic E-state index is 14.0. The van der Waals surface area contributed by atoms with Gasteiger partial charge >= 0.3 is 0 Å². The van der Waals surface area contributed by atoms with Gasteiger partial charge in [0.15, 0.2) is 0 Å². The number of rotatable bonds is 3. The molecule has 3 aromatic rings. The van der Waals surface area contributed by atoms with E-state index in [1.54, 1.807) is 0 Å². The monoisotopic (exact) mass is 353 g/mol. The fourth-order valence-electron chi connectivity index (χ4n) is 2.32. The average Bonchev–Trinajstić information content (AvgIpc) is 2.82. The molecule has 2 aromatic carbocycles. The van der Waals surface area contributed by atoms with Gasteiger partial charge in [-0.1, -0.05) is 24.3 Å². The van der Waals surface area contributed by atoms with E-state index in [0.717, 1.165) is 12.1 Å². The molecule has 0 amide bonds. The van der Waals surface area contributed by atoms with Crippen LogP contribution < -0.4 is 5.14 Å². The molecule has 0 radical (unpaired) electrons. The van der Waals surface area contributed by atoms with Gasteiger partial charge in [0.2, 0.25) is 10.0 Å². The predicted molar refractivity (Wildman–Crippen MR) is 80.8 cm³/mol. The largest absolute Gasteiger partial charge is 0.403 e. The van der Waals surface area contributed by atoms with Crippen molar-refractivity contribution in [3.05, 3.63) is 66.4 Å². The lowest BCUT2D eigenvalue weighted by Crippen LogP contribution is -2.11. The molecule has 2 N–H and O–H groups in total. The lowest BCUT2D eigenvalue weighted by Gasteiger charge is -2.05. The zero-order chi connectivity index (χ0) is 17.5. The molecule has 0 fully saturated rings. The van der Waals surface area contributed by atoms with E-state index in [9.17, 15) is 21.6 Å². The lowest BCUT2D eigenvalue weighted by atomic mass is 9.98. The summed E-state index contributed by atoms with van der Waals surface area (Å²) in [5.74, 6) is -0.526. The highest BCUT2D eigenvalue weighted by Gasteiger charge is 2.23. The van der Waals surface area contributed by atoms with Crippen molar-refractivity contribution in [2.45, 2.75) is 4.90 Å². The molecule has 24 heavy (non-hydrogen) atoms. The minimum absolute atomic E-state index is 0.168. The quantitative estimate of drug-likeness (QED) is 0.781. The summed E-state index contributed by atoms with van der Waals surface area (Å²) >= 11 is 0. The van der Waals surface area contributed by atoms with Crippen LogP contribution in [0, 0.1) is 17.8 Å². The third-order valence-electron chi connectivity index (χ3n) is 3.43. The first kappa shape index (κ1) is 16.3. The van der Waals surface area contributed by atoms with E-state index in [0.29, 0.717) is 0 Å². The number of hydrogen-bond acceptors (Lipinski definition) is 3. The van der Waals surface area contributed by atoms with E-state index in [-0.39, 0.29) is 27.1 Å².